The van der Waals surface area contributed by atoms with Gasteiger partial charge in [-0.25, -0.2) is 17.6 Å². The first-order valence-corrected chi connectivity index (χ1v) is 8.66. The van der Waals surface area contributed by atoms with Crippen LogP contribution in [0.3, 0.4) is 0 Å². The van der Waals surface area contributed by atoms with E-state index in [0.29, 0.717) is 41.5 Å². The Hall–Kier alpha value is -2.10. The number of hydrogen-bond donors (Lipinski definition) is 0. The highest BCUT2D eigenvalue weighted by atomic mass is 19.2. The van der Waals surface area contributed by atoms with Gasteiger partial charge in [-0.05, 0) is 72.2 Å². The molecule has 0 amide bonds. The molecule has 2 aromatic rings. The van der Waals surface area contributed by atoms with E-state index in [9.17, 15) is 17.6 Å². The van der Waals surface area contributed by atoms with E-state index in [4.69, 9.17) is 0 Å². The van der Waals surface area contributed by atoms with Crippen molar-refractivity contribution in [3.05, 3.63) is 69.8 Å². The van der Waals surface area contributed by atoms with E-state index < -0.39 is 23.3 Å². The predicted octanol–water partition coefficient (Wildman–Crippen LogP) is 6.46. The fraction of sp³-hybridized carbons (Fsp3) is 0.333. The molecule has 1 aliphatic carbocycles. The average Bonchev–Trinajstić information content (AvgIpc) is 2.56. The lowest BCUT2D eigenvalue weighted by atomic mass is 9.87. The molecule has 0 saturated carbocycles. The molecule has 2 aromatic carbocycles. The Balaban J connectivity index is 1.93. The molecule has 0 unspecified atom stereocenters. The van der Waals surface area contributed by atoms with Crippen molar-refractivity contribution in [2.24, 2.45) is 0 Å². The van der Waals surface area contributed by atoms with E-state index in [-0.39, 0.29) is 5.56 Å². The molecule has 0 radical (unpaired) electrons. The maximum Gasteiger partial charge on any atom is 0.159 e. The Morgan fingerprint density at radius 3 is 2.16 bits per heavy atom. The van der Waals surface area contributed by atoms with Crippen LogP contribution < -0.4 is 0 Å². The van der Waals surface area contributed by atoms with Crippen LogP contribution in [0.25, 0.3) is 11.6 Å². The van der Waals surface area contributed by atoms with Crippen molar-refractivity contribution in [3.8, 4) is 0 Å². The van der Waals surface area contributed by atoms with Gasteiger partial charge in [-0.15, -0.1) is 0 Å². The molecule has 0 nitrogen and oxygen atoms in total. The van der Waals surface area contributed by atoms with Crippen LogP contribution >= 0.6 is 0 Å². The number of aryl methyl sites for hydroxylation is 2. The summed E-state index contributed by atoms with van der Waals surface area (Å²) in [5.74, 6) is -3.04. The Bertz CT molecular complexity index is 798. The Labute approximate surface area is 145 Å². The standard InChI is InChI=1S/C21H20F4/c1-2-3-4-5-13-8-19(24)21(20(25)9-13)15-7-6-14-11-17(22)18(23)12-16(14)10-15/h8-12H,2-7H2,1H3. The smallest absolute Gasteiger partial charge is 0.159 e. The number of unbranched alkanes of at least 4 members (excludes halogenated alkanes) is 2. The van der Waals surface area contributed by atoms with E-state index in [1.807, 2.05) is 0 Å². The highest BCUT2D eigenvalue weighted by Crippen LogP contribution is 2.34. The summed E-state index contributed by atoms with van der Waals surface area (Å²) in [6, 6.07) is 5.01. The lowest BCUT2D eigenvalue weighted by molar-refractivity contribution is 0.506. The summed E-state index contributed by atoms with van der Waals surface area (Å²) in [7, 11) is 0. The molecular weight excluding hydrogens is 328 g/mol. The highest BCUT2D eigenvalue weighted by molar-refractivity contribution is 5.85. The minimum atomic E-state index is -0.955. The Morgan fingerprint density at radius 2 is 1.48 bits per heavy atom. The predicted molar refractivity (Wildman–Crippen MR) is 92.1 cm³/mol. The molecule has 4 heteroatoms. The summed E-state index contributed by atoms with van der Waals surface area (Å²) in [6.07, 6.45) is 5.99. The zero-order chi connectivity index (χ0) is 18.0. The van der Waals surface area contributed by atoms with Crippen molar-refractivity contribution >= 4 is 11.6 Å². The Morgan fingerprint density at radius 1 is 0.800 bits per heavy atom. The first-order valence-electron chi connectivity index (χ1n) is 8.66. The van der Waals surface area contributed by atoms with Gasteiger partial charge in [-0.3, -0.25) is 0 Å². The van der Waals surface area contributed by atoms with Crippen molar-refractivity contribution in [3.63, 3.8) is 0 Å². The molecule has 0 N–H and O–H groups in total. The van der Waals surface area contributed by atoms with Gasteiger partial charge in [0.1, 0.15) is 11.6 Å². The fourth-order valence-corrected chi connectivity index (χ4v) is 3.34. The van der Waals surface area contributed by atoms with Gasteiger partial charge in [0, 0.05) is 5.56 Å². The summed E-state index contributed by atoms with van der Waals surface area (Å²) in [5.41, 5.74) is 2.20. The monoisotopic (exact) mass is 348 g/mol. The quantitative estimate of drug-likeness (QED) is 0.429. The van der Waals surface area contributed by atoms with Gasteiger partial charge in [-0.2, -0.15) is 0 Å². The Kier molecular flexibility index (Phi) is 5.26. The summed E-state index contributed by atoms with van der Waals surface area (Å²) in [6.45, 7) is 2.08. The molecule has 0 spiro atoms. The van der Waals surface area contributed by atoms with E-state index in [1.165, 1.54) is 12.1 Å². The minimum absolute atomic E-state index is 0.0605. The molecule has 25 heavy (non-hydrogen) atoms. The molecule has 3 rings (SSSR count). The van der Waals surface area contributed by atoms with Crippen LogP contribution in [-0.4, -0.2) is 0 Å². The van der Waals surface area contributed by atoms with Crippen molar-refractivity contribution in [1.29, 1.82) is 0 Å². The molecular formula is C21H20F4. The van der Waals surface area contributed by atoms with Crippen molar-refractivity contribution < 1.29 is 17.6 Å². The zero-order valence-electron chi connectivity index (χ0n) is 14.1. The lowest BCUT2D eigenvalue weighted by Gasteiger charge is -2.18. The fourth-order valence-electron chi connectivity index (χ4n) is 3.34. The third kappa shape index (κ3) is 3.78. The van der Waals surface area contributed by atoms with Crippen LogP contribution in [0.5, 0.6) is 0 Å². The largest absolute Gasteiger partial charge is 0.206 e. The summed E-state index contributed by atoms with van der Waals surface area (Å²) >= 11 is 0. The van der Waals surface area contributed by atoms with Crippen molar-refractivity contribution in [2.75, 3.05) is 0 Å². The maximum absolute atomic E-state index is 14.5. The molecule has 0 atom stereocenters. The topological polar surface area (TPSA) is 0 Å². The first-order chi connectivity index (χ1) is 12.0. The van der Waals surface area contributed by atoms with E-state index in [2.05, 4.69) is 6.92 Å². The van der Waals surface area contributed by atoms with Crippen LogP contribution in [0.4, 0.5) is 17.6 Å². The first kappa shape index (κ1) is 17.7. The van der Waals surface area contributed by atoms with E-state index in [0.717, 1.165) is 31.4 Å². The van der Waals surface area contributed by atoms with Crippen LogP contribution in [0, 0.1) is 23.3 Å². The highest BCUT2D eigenvalue weighted by Gasteiger charge is 2.20. The molecule has 0 saturated heterocycles. The summed E-state index contributed by atoms with van der Waals surface area (Å²) in [5, 5.41) is 0. The second-order valence-corrected chi connectivity index (χ2v) is 6.53. The van der Waals surface area contributed by atoms with Gasteiger partial charge in [0.15, 0.2) is 11.6 Å². The summed E-state index contributed by atoms with van der Waals surface area (Å²) in [4.78, 5) is 0. The second kappa shape index (κ2) is 7.42. The maximum atomic E-state index is 14.5. The van der Waals surface area contributed by atoms with Crippen LogP contribution in [0.15, 0.2) is 24.3 Å². The van der Waals surface area contributed by atoms with Crippen LogP contribution in [0.2, 0.25) is 0 Å². The van der Waals surface area contributed by atoms with Gasteiger partial charge in [0.2, 0.25) is 0 Å². The molecule has 0 aromatic heterocycles. The van der Waals surface area contributed by atoms with Crippen molar-refractivity contribution in [1.82, 2.24) is 0 Å². The normalized spacial score (nSPS) is 13.6. The van der Waals surface area contributed by atoms with Gasteiger partial charge >= 0.3 is 0 Å². The SMILES string of the molecule is CCCCCc1cc(F)c(C2=Cc3cc(F)c(F)cc3CC2)c(F)c1. The van der Waals surface area contributed by atoms with Gasteiger partial charge < -0.3 is 0 Å². The number of benzene rings is 2. The molecule has 0 fully saturated rings. The molecule has 132 valence electrons. The van der Waals surface area contributed by atoms with E-state index >= 15 is 0 Å². The molecule has 0 aliphatic heterocycles. The number of allylic oxidation sites excluding steroid dienone is 1. The van der Waals surface area contributed by atoms with Crippen LogP contribution in [0.1, 0.15) is 54.9 Å². The number of halogens is 4. The van der Waals surface area contributed by atoms with Gasteiger partial charge in [0.05, 0.1) is 0 Å². The molecule has 0 heterocycles. The lowest BCUT2D eigenvalue weighted by Crippen LogP contribution is -2.05. The second-order valence-electron chi connectivity index (χ2n) is 6.53. The average molecular weight is 348 g/mol. The van der Waals surface area contributed by atoms with Gasteiger partial charge in [0.25, 0.3) is 0 Å². The number of fused-ring (bicyclic) bond motifs is 1. The molecule has 0 bridgehead atoms. The zero-order valence-corrected chi connectivity index (χ0v) is 14.1. The van der Waals surface area contributed by atoms with Crippen LogP contribution in [-0.2, 0) is 12.8 Å². The van der Waals surface area contributed by atoms with Crippen molar-refractivity contribution in [2.45, 2.75) is 45.4 Å². The van der Waals surface area contributed by atoms with Gasteiger partial charge in [-0.1, -0.05) is 25.8 Å². The third-order valence-electron chi connectivity index (χ3n) is 4.67. The minimum Gasteiger partial charge on any atom is -0.206 e. The number of rotatable bonds is 5. The number of hydrogen-bond acceptors (Lipinski definition) is 0. The molecule has 1 aliphatic rings. The summed E-state index contributed by atoms with van der Waals surface area (Å²) < 4.78 is 55.8. The van der Waals surface area contributed by atoms with E-state index in [1.54, 1.807) is 6.08 Å². The third-order valence-corrected chi connectivity index (χ3v) is 4.67.